The van der Waals surface area contributed by atoms with Crippen LogP contribution in [0.2, 0.25) is 0 Å². The molecule has 0 aliphatic carbocycles. The fourth-order valence-electron chi connectivity index (χ4n) is 4.69. The molecule has 3 heterocycles. The van der Waals surface area contributed by atoms with Crippen LogP contribution in [0.5, 0.6) is 5.75 Å². The monoisotopic (exact) mass is 475 g/mol. The first-order valence-corrected chi connectivity index (χ1v) is 11.3. The highest BCUT2D eigenvalue weighted by Crippen LogP contribution is 2.32. The second kappa shape index (κ2) is 8.66. The number of likely N-dealkylation sites (tertiary alicyclic amines) is 1. The third-order valence-corrected chi connectivity index (χ3v) is 6.69. The molecule has 180 valence electrons. The molecule has 0 radical (unpaired) electrons. The van der Waals surface area contributed by atoms with Crippen molar-refractivity contribution in [2.45, 2.75) is 12.5 Å². The van der Waals surface area contributed by atoms with Crippen molar-refractivity contribution in [2.24, 2.45) is 5.73 Å². The molecule has 9 heteroatoms. The van der Waals surface area contributed by atoms with Gasteiger partial charge in [0.1, 0.15) is 0 Å². The van der Waals surface area contributed by atoms with Gasteiger partial charge in [0, 0.05) is 41.2 Å². The summed E-state index contributed by atoms with van der Waals surface area (Å²) in [5.41, 5.74) is 9.02. The third-order valence-electron chi connectivity index (χ3n) is 6.69. The number of aromatic amines is 1. The number of benzene rings is 2. The number of methoxy groups -OCH3 is 1. The number of fused-ring (bicyclic) bond motifs is 3. The molecule has 1 aliphatic heterocycles. The maximum Gasteiger partial charge on any atom is 0.253 e. The number of nitrogens with one attached hydrogen (secondary N) is 1. The minimum atomic E-state index is -0.637. The summed E-state index contributed by atoms with van der Waals surface area (Å²) in [7, 11) is 5.43. The van der Waals surface area contributed by atoms with E-state index in [1.54, 1.807) is 24.3 Å². The Balaban J connectivity index is 1.58. The van der Waals surface area contributed by atoms with Gasteiger partial charge in [0.05, 0.1) is 29.4 Å². The Morgan fingerprint density at radius 2 is 2.00 bits per heavy atom. The van der Waals surface area contributed by atoms with Crippen LogP contribution in [0.25, 0.3) is 33.2 Å². The lowest BCUT2D eigenvalue weighted by molar-refractivity contribution is 0.0783. The molecule has 2 amide bonds. The lowest BCUT2D eigenvalue weighted by atomic mass is 10.1. The molecule has 1 aliphatic rings. The molecule has 35 heavy (non-hydrogen) atoms. The smallest absolute Gasteiger partial charge is 0.253 e. The van der Waals surface area contributed by atoms with E-state index in [9.17, 15) is 14.0 Å². The molecular formula is C26H26FN5O3. The van der Waals surface area contributed by atoms with Crippen LogP contribution < -0.4 is 10.5 Å². The zero-order valence-electron chi connectivity index (χ0n) is 19.8. The Morgan fingerprint density at radius 3 is 2.66 bits per heavy atom. The first kappa shape index (κ1) is 22.8. The van der Waals surface area contributed by atoms with E-state index in [0.717, 1.165) is 11.8 Å². The number of aromatic nitrogens is 2. The summed E-state index contributed by atoms with van der Waals surface area (Å²) in [5.74, 6) is -1.09. The van der Waals surface area contributed by atoms with Gasteiger partial charge in [-0.2, -0.15) is 0 Å². The quantitative estimate of drug-likeness (QED) is 0.460. The lowest BCUT2D eigenvalue weighted by Crippen LogP contribution is -2.34. The Labute approximate surface area is 201 Å². The van der Waals surface area contributed by atoms with E-state index in [2.05, 4.69) is 9.88 Å². The first-order valence-electron chi connectivity index (χ1n) is 11.3. The van der Waals surface area contributed by atoms with Gasteiger partial charge in [-0.3, -0.25) is 9.59 Å². The summed E-state index contributed by atoms with van der Waals surface area (Å²) in [6.07, 6.45) is 0.938. The molecule has 1 atom stereocenters. The molecule has 5 rings (SSSR count). The van der Waals surface area contributed by atoms with Crippen LogP contribution in [0.1, 0.15) is 27.1 Å². The number of pyridine rings is 1. The number of carbonyl (C=O) groups is 2. The summed E-state index contributed by atoms with van der Waals surface area (Å²) >= 11 is 0. The number of carbonyl (C=O) groups excluding carboxylic acids is 2. The van der Waals surface area contributed by atoms with E-state index < -0.39 is 11.7 Å². The van der Waals surface area contributed by atoms with Crippen molar-refractivity contribution in [3.05, 3.63) is 59.4 Å². The maximum atomic E-state index is 14.3. The molecule has 0 spiro atoms. The van der Waals surface area contributed by atoms with E-state index in [0.29, 0.717) is 52.5 Å². The molecule has 2 aromatic heterocycles. The zero-order valence-corrected chi connectivity index (χ0v) is 19.8. The number of hydrogen-bond donors (Lipinski definition) is 2. The van der Waals surface area contributed by atoms with Gasteiger partial charge in [-0.25, -0.2) is 9.37 Å². The number of nitrogens with zero attached hydrogens (tertiary/aromatic N) is 3. The van der Waals surface area contributed by atoms with Crippen LogP contribution in [0.3, 0.4) is 0 Å². The summed E-state index contributed by atoms with van der Waals surface area (Å²) in [6.45, 7) is 1.40. The van der Waals surface area contributed by atoms with Gasteiger partial charge < -0.3 is 25.3 Å². The zero-order chi connectivity index (χ0) is 24.9. The predicted molar refractivity (Wildman–Crippen MR) is 132 cm³/mol. The van der Waals surface area contributed by atoms with E-state index >= 15 is 0 Å². The molecule has 4 aromatic rings. The van der Waals surface area contributed by atoms with E-state index in [4.69, 9.17) is 15.5 Å². The van der Waals surface area contributed by atoms with Gasteiger partial charge in [0.2, 0.25) is 0 Å². The largest absolute Gasteiger partial charge is 0.494 e. The third kappa shape index (κ3) is 3.97. The van der Waals surface area contributed by atoms with Crippen molar-refractivity contribution < 1.29 is 18.7 Å². The molecule has 2 aromatic carbocycles. The van der Waals surface area contributed by atoms with E-state index in [1.807, 2.05) is 25.1 Å². The number of amides is 2. The minimum absolute atomic E-state index is 0.0348. The number of primary amides is 1. The minimum Gasteiger partial charge on any atom is -0.494 e. The highest BCUT2D eigenvalue weighted by atomic mass is 19.1. The number of halogens is 1. The van der Waals surface area contributed by atoms with Gasteiger partial charge in [-0.15, -0.1) is 0 Å². The molecule has 8 nitrogen and oxygen atoms in total. The van der Waals surface area contributed by atoms with Crippen LogP contribution in [0, 0.1) is 5.82 Å². The molecule has 0 unspecified atom stereocenters. The Hall–Kier alpha value is -3.98. The molecule has 1 saturated heterocycles. The number of H-pyrrole nitrogens is 1. The van der Waals surface area contributed by atoms with Gasteiger partial charge >= 0.3 is 0 Å². The SMILES string of the molecule is COc1ccc(-c2cc(C(N)=O)c3[nH]c4cc(C(=O)N5CC[C@H](N(C)C)C5)ccc4c3n2)cc1F. The normalized spacial score (nSPS) is 15.9. The van der Waals surface area contributed by atoms with Gasteiger partial charge in [0.25, 0.3) is 11.8 Å². The lowest BCUT2D eigenvalue weighted by Gasteiger charge is -2.20. The highest BCUT2D eigenvalue weighted by molar-refractivity contribution is 6.14. The number of likely N-dealkylation sites (N-methyl/N-ethyl adjacent to an activating group) is 1. The van der Waals surface area contributed by atoms with Crippen LogP contribution in [0.4, 0.5) is 4.39 Å². The van der Waals surface area contributed by atoms with E-state index in [-0.39, 0.29) is 17.2 Å². The van der Waals surface area contributed by atoms with Crippen LogP contribution >= 0.6 is 0 Å². The van der Waals surface area contributed by atoms with Crippen molar-refractivity contribution in [1.29, 1.82) is 0 Å². The summed E-state index contributed by atoms with van der Waals surface area (Å²) in [5, 5.41) is 0.738. The molecule has 3 N–H and O–H groups in total. The Bertz CT molecular complexity index is 1480. The number of rotatable bonds is 5. The fraction of sp³-hybridized carbons (Fsp3) is 0.269. The predicted octanol–water partition coefficient (Wildman–Crippen LogP) is 3.41. The van der Waals surface area contributed by atoms with Crippen molar-refractivity contribution in [2.75, 3.05) is 34.3 Å². The first-order chi connectivity index (χ1) is 16.8. The van der Waals surface area contributed by atoms with Gasteiger partial charge in [0.15, 0.2) is 11.6 Å². The van der Waals surface area contributed by atoms with Crippen LogP contribution in [-0.2, 0) is 0 Å². The summed E-state index contributed by atoms with van der Waals surface area (Å²) < 4.78 is 19.3. The second-order valence-electron chi connectivity index (χ2n) is 9.03. The van der Waals surface area contributed by atoms with Crippen LogP contribution in [0.15, 0.2) is 42.5 Å². The maximum absolute atomic E-state index is 14.3. The second-order valence-corrected chi connectivity index (χ2v) is 9.03. The fourth-order valence-corrected chi connectivity index (χ4v) is 4.69. The summed E-state index contributed by atoms with van der Waals surface area (Å²) in [4.78, 5) is 37.3. The molecule has 0 bridgehead atoms. The molecular weight excluding hydrogens is 449 g/mol. The highest BCUT2D eigenvalue weighted by Gasteiger charge is 2.28. The number of nitrogens with two attached hydrogens (primary N) is 1. The van der Waals surface area contributed by atoms with Gasteiger partial charge in [-0.1, -0.05) is 0 Å². The average molecular weight is 476 g/mol. The Kier molecular flexibility index (Phi) is 5.64. The topological polar surface area (TPSA) is 105 Å². The number of ether oxygens (including phenoxy) is 1. The molecule has 1 fully saturated rings. The summed E-state index contributed by atoms with van der Waals surface area (Å²) in [6, 6.07) is 11.7. The van der Waals surface area contributed by atoms with E-state index in [1.165, 1.54) is 19.2 Å². The van der Waals surface area contributed by atoms with Crippen molar-refractivity contribution >= 4 is 33.8 Å². The van der Waals surface area contributed by atoms with Crippen LogP contribution in [-0.4, -0.2) is 71.9 Å². The Morgan fingerprint density at radius 1 is 1.20 bits per heavy atom. The molecule has 0 saturated carbocycles. The van der Waals surface area contributed by atoms with Gasteiger partial charge in [-0.05, 0) is 63.0 Å². The van der Waals surface area contributed by atoms with Crippen molar-refractivity contribution in [3.8, 4) is 17.0 Å². The van der Waals surface area contributed by atoms with Crippen molar-refractivity contribution in [1.82, 2.24) is 19.8 Å². The standard InChI is InChI=1S/C26H26FN5O3/c1-31(2)16-8-9-32(13-16)26(34)15-4-6-17-21(11-15)30-24-18(25(28)33)12-20(29-23(17)24)14-5-7-22(35-3)19(27)10-14/h4-7,10-12,16,30H,8-9,13H2,1-3H3,(H2,28,33)/t16-/m0/s1. The van der Waals surface area contributed by atoms with Crippen molar-refractivity contribution in [3.63, 3.8) is 0 Å². The average Bonchev–Trinajstić information content (AvgIpc) is 3.47. The number of hydrogen-bond acceptors (Lipinski definition) is 5.